The van der Waals surface area contributed by atoms with Gasteiger partial charge in [-0.25, -0.2) is 4.98 Å². The average Bonchev–Trinajstić information content (AvgIpc) is 2.43. The van der Waals surface area contributed by atoms with Gasteiger partial charge in [0, 0.05) is 16.8 Å². The van der Waals surface area contributed by atoms with Crippen molar-refractivity contribution in [2.75, 3.05) is 0 Å². The fourth-order valence-corrected chi connectivity index (χ4v) is 2.64. The number of ether oxygens (including phenoxy) is 1. The van der Waals surface area contributed by atoms with E-state index in [4.69, 9.17) is 16.3 Å². The minimum Gasteiger partial charge on any atom is -0.438 e. The van der Waals surface area contributed by atoms with Gasteiger partial charge in [0.05, 0.1) is 6.61 Å². The van der Waals surface area contributed by atoms with E-state index in [0.29, 0.717) is 10.9 Å². The highest BCUT2D eigenvalue weighted by atomic mass is 35.5. The van der Waals surface area contributed by atoms with Gasteiger partial charge in [0.2, 0.25) is 5.88 Å². The number of hydrogen-bond donors (Lipinski definition) is 1. The SMILES string of the molecule is CCCc1cc(CO)cc(Oc2c(C)cc(Cl)cc2C)n1. The standard InChI is InChI=1S/C17H20ClNO2/c1-4-5-15-8-13(10-20)9-16(19-15)21-17-11(2)6-14(18)7-12(17)3/h6-9,20H,4-5,10H2,1-3H3. The van der Waals surface area contributed by atoms with Crippen molar-refractivity contribution in [1.29, 1.82) is 0 Å². The zero-order valence-electron chi connectivity index (χ0n) is 12.6. The number of hydrogen-bond acceptors (Lipinski definition) is 3. The van der Waals surface area contributed by atoms with Gasteiger partial charge in [-0.05, 0) is 55.2 Å². The molecule has 2 aromatic rings. The highest BCUT2D eigenvalue weighted by Crippen LogP contribution is 2.31. The van der Waals surface area contributed by atoms with Gasteiger partial charge in [-0.1, -0.05) is 24.9 Å². The number of aliphatic hydroxyl groups excluding tert-OH is 1. The molecule has 0 aliphatic carbocycles. The Hall–Kier alpha value is -1.58. The van der Waals surface area contributed by atoms with Crippen LogP contribution in [0.2, 0.25) is 5.02 Å². The van der Waals surface area contributed by atoms with Crippen molar-refractivity contribution in [2.24, 2.45) is 0 Å². The Balaban J connectivity index is 2.37. The normalized spacial score (nSPS) is 10.7. The zero-order chi connectivity index (χ0) is 15.4. The van der Waals surface area contributed by atoms with E-state index in [1.165, 1.54) is 0 Å². The summed E-state index contributed by atoms with van der Waals surface area (Å²) < 4.78 is 5.94. The Labute approximate surface area is 130 Å². The fourth-order valence-electron chi connectivity index (χ4n) is 2.31. The van der Waals surface area contributed by atoms with Gasteiger partial charge < -0.3 is 9.84 Å². The topological polar surface area (TPSA) is 42.4 Å². The van der Waals surface area contributed by atoms with Crippen LogP contribution in [-0.2, 0) is 13.0 Å². The monoisotopic (exact) mass is 305 g/mol. The molecule has 4 heteroatoms. The molecule has 0 saturated heterocycles. The average molecular weight is 306 g/mol. The Morgan fingerprint density at radius 3 is 2.38 bits per heavy atom. The summed E-state index contributed by atoms with van der Waals surface area (Å²) in [5.41, 5.74) is 3.68. The molecule has 1 heterocycles. The molecule has 3 nitrogen and oxygen atoms in total. The molecule has 112 valence electrons. The van der Waals surface area contributed by atoms with E-state index >= 15 is 0 Å². The van der Waals surface area contributed by atoms with Crippen molar-refractivity contribution in [3.63, 3.8) is 0 Å². The number of aromatic nitrogens is 1. The summed E-state index contributed by atoms with van der Waals surface area (Å²) in [6.45, 7) is 5.99. The third-order valence-electron chi connectivity index (χ3n) is 3.24. The van der Waals surface area contributed by atoms with E-state index in [2.05, 4.69) is 11.9 Å². The predicted molar refractivity (Wildman–Crippen MR) is 85.2 cm³/mol. The first-order chi connectivity index (χ1) is 10.0. The van der Waals surface area contributed by atoms with E-state index < -0.39 is 0 Å². The van der Waals surface area contributed by atoms with Crippen molar-refractivity contribution >= 4 is 11.6 Å². The quantitative estimate of drug-likeness (QED) is 0.878. The van der Waals surface area contributed by atoms with Crippen LogP contribution in [0.4, 0.5) is 0 Å². The molecule has 0 aliphatic heterocycles. The number of aliphatic hydroxyl groups is 1. The van der Waals surface area contributed by atoms with Crippen molar-refractivity contribution < 1.29 is 9.84 Å². The number of aryl methyl sites for hydroxylation is 3. The maximum absolute atomic E-state index is 9.37. The molecule has 1 aromatic heterocycles. The molecule has 0 unspecified atom stereocenters. The molecule has 0 bridgehead atoms. The summed E-state index contributed by atoms with van der Waals surface area (Å²) >= 11 is 6.04. The van der Waals surface area contributed by atoms with E-state index in [0.717, 1.165) is 41.0 Å². The van der Waals surface area contributed by atoms with Crippen LogP contribution in [0.15, 0.2) is 24.3 Å². The zero-order valence-corrected chi connectivity index (χ0v) is 13.4. The molecular weight excluding hydrogens is 286 g/mol. The molecular formula is C17H20ClNO2. The first kappa shape index (κ1) is 15.8. The molecule has 0 saturated carbocycles. The van der Waals surface area contributed by atoms with Gasteiger partial charge in [0.15, 0.2) is 0 Å². The smallest absolute Gasteiger partial charge is 0.219 e. The Kier molecular flexibility index (Phi) is 5.21. The minimum atomic E-state index is -0.0197. The molecule has 1 aromatic carbocycles. The van der Waals surface area contributed by atoms with Crippen LogP contribution in [0, 0.1) is 13.8 Å². The Bertz CT molecular complexity index is 618. The second-order valence-electron chi connectivity index (χ2n) is 5.18. The lowest BCUT2D eigenvalue weighted by Crippen LogP contribution is -1.99. The van der Waals surface area contributed by atoms with Crippen molar-refractivity contribution in [3.8, 4) is 11.6 Å². The summed E-state index contributed by atoms with van der Waals surface area (Å²) in [7, 11) is 0. The van der Waals surface area contributed by atoms with Crippen LogP contribution in [-0.4, -0.2) is 10.1 Å². The molecule has 0 fully saturated rings. The fraction of sp³-hybridized carbons (Fsp3) is 0.353. The summed E-state index contributed by atoms with van der Waals surface area (Å²) in [5, 5.41) is 10.1. The summed E-state index contributed by atoms with van der Waals surface area (Å²) in [4.78, 5) is 4.50. The van der Waals surface area contributed by atoms with Gasteiger partial charge >= 0.3 is 0 Å². The van der Waals surface area contributed by atoms with Gasteiger partial charge in [0.25, 0.3) is 0 Å². The number of halogens is 1. The maximum atomic E-state index is 9.37. The summed E-state index contributed by atoms with van der Waals surface area (Å²) in [6.07, 6.45) is 1.86. The van der Waals surface area contributed by atoms with Crippen LogP contribution in [0.1, 0.15) is 35.7 Å². The van der Waals surface area contributed by atoms with Crippen LogP contribution < -0.4 is 4.74 Å². The maximum Gasteiger partial charge on any atom is 0.219 e. The van der Waals surface area contributed by atoms with Gasteiger partial charge in [-0.3, -0.25) is 0 Å². The lowest BCUT2D eigenvalue weighted by Gasteiger charge is -2.13. The Morgan fingerprint density at radius 2 is 1.81 bits per heavy atom. The summed E-state index contributed by atoms with van der Waals surface area (Å²) in [6, 6.07) is 7.42. The molecule has 2 rings (SSSR count). The second kappa shape index (κ2) is 6.92. The van der Waals surface area contributed by atoms with Crippen LogP contribution >= 0.6 is 11.6 Å². The molecule has 1 N–H and O–H groups in total. The predicted octanol–water partition coefficient (Wildman–Crippen LogP) is 4.59. The Morgan fingerprint density at radius 1 is 1.14 bits per heavy atom. The number of rotatable bonds is 5. The first-order valence-corrected chi connectivity index (χ1v) is 7.46. The third kappa shape index (κ3) is 3.96. The second-order valence-corrected chi connectivity index (χ2v) is 5.62. The first-order valence-electron chi connectivity index (χ1n) is 7.08. The van der Waals surface area contributed by atoms with Crippen LogP contribution in [0.25, 0.3) is 0 Å². The highest BCUT2D eigenvalue weighted by Gasteiger charge is 2.10. The number of benzene rings is 1. The van der Waals surface area contributed by atoms with Crippen molar-refractivity contribution in [3.05, 3.63) is 51.7 Å². The lowest BCUT2D eigenvalue weighted by atomic mass is 10.1. The van der Waals surface area contributed by atoms with Crippen molar-refractivity contribution in [1.82, 2.24) is 4.98 Å². The largest absolute Gasteiger partial charge is 0.438 e. The van der Waals surface area contributed by atoms with Crippen molar-refractivity contribution in [2.45, 2.75) is 40.2 Å². The van der Waals surface area contributed by atoms with Gasteiger partial charge in [0.1, 0.15) is 5.75 Å². The number of nitrogens with zero attached hydrogens (tertiary/aromatic N) is 1. The highest BCUT2D eigenvalue weighted by molar-refractivity contribution is 6.30. The van der Waals surface area contributed by atoms with E-state index in [9.17, 15) is 5.11 Å². The van der Waals surface area contributed by atoms with E-state index in [1.54, 1.807) is 6.07 Å². The minimum absolute atomic E-state index is 0.0197. The van der Waals surface area contributed by atoms with Crippen LogP contribution in [0.3, 0.4) is 0 Å². The third-order valence-corrected chi connectivity index (χ3v) is 3.45. The van der Waals surface area contributed by atoms with E-state index in [-0.39, 0.29) is 6.61 Å². The number of pyridine rings is 1. The molecule has 0 atom stereocenters. The van der Waals surface area contributed by atoms with E-state index in [1.807, 2.05) is 32.0 Å². The van der Waals surface area contributed by atoms with Crippen LogP contribution in [0.5, 0.6) is 11.6 Å². The molecule has 0 aliphatic rings. The molecule has 0 spiro atoms. The molecule has 0 radical (unpaired) electrons. The lowest BCUT2D eigenvalue weighted by molar-refractivity contribution is 0.280. The molecule has 21 heavy (non-hydrogen) atoms. The summed E-state index contributed by atoms with van der Waals surface area (Å²) in [5.74, 6) is 1.28. The molecule has 0 amide bonds. The van der Waals surface area contributed by atoms with Gasteiger partial charge in [-0.2, -0.15) is 0 Å². The van der Waals surface area contributed by atoms with Gasteiger partial charge in [-0.15, -0.1) is 0 Å².